The van der Waals surface area contributed by atoms with Gasteiger partial charge in [-0.1, -0.05) is 6.07 Å². The van der Waals surface area contributed by atoms with Crippen LogP contribution in [0.1, 0.15) is 0 Å². The monoisotopic (exact) mass is 162 g/mol. The van der Waals surface area contributed by atoms with Gasteiger partial charge in [-0.25, -0.2) is 0 Å². The lowest BCUT2D eigenvalue weighted by Crippen LogP contribution is -2.06. The van der Waals surface area contributed by atoms with Crippen molar-refractivity contribution in [2.45, 2.75) is 0 Å². The van der Waals surface area contributed by atoms with E-state index in [1.54, 1.807) is 12.1 Å². The van der Waals surface area contributed by atoms with Gasteiger partial charge in [-0.3, -0.25) is 15.8 Å². The normalized spacial score (nSPS) is 9.08. The van der Waals surface area contributed by atoms with E-state index < -0.39 is 0 Å². The van der Waals surface area contributed by atoms with Gasteiger partial charge >= 0.3 is 0 Å². The molecule has 1 rings (SSSR count). The minimum absolute atomic E-state index is 0.620. The van der Waals surface area contributed by atoms with Gasteiger partial charge in [0, 0.05) is 0 Å². The Morgan fingerprint density at radius 2 is 2.00 bits per heavy atom. The number of hydrogen-bond acceptors (Lipinski definition) is 4. The summed E-state index contributed by atoms with van der Waals surface area (Å²) >= 11 is 0. The molecule has 3 N–H and O–H groups in total. The molecule has 0 heterocycles. The molecule has 0 aliphatic heterocycles. The largest absolute Gasteiger partial charge is 0.322 e. The number of hydrazine groups is 1. The van der Waals surface area contributed by atoms with Crippen LogP contribution in [-0.4, -0.2) is 13.4 Å². The summed E-state index contributed by atoms with van der Waals surface area (Å²) in [5, 5.41) is 0. The molecule has 0 saturated heterocycles. The SMILES string of the molecule is C=Nc1cccc(NN)c1N=C. The number of nitrogens with one attached hydrogen (secondary N) is 1. The van der Waals surface area contributed by atoms with E-state index in [0.717, 1.165) is 0 Å². The number of anilines is 1. The van der Waals surface area contributed by atoms with Crippen molar-refractivity contribution in [3.05, 3.63) is 18.2 Å². The molecule has 0 saturated carbocycles. The van der Waals surface area contributed by atoms with Gasteiger partial charge in [0.25, 0.3) is 0 Å². The number of nitrogens with zero attached hydrogens (tertiary/aromatic N) is 2. The maximum Gasteiger partial charge on any atom is 0.112 e. The molecule has 1 aromatic rings. The molecule has 4 heteroatoms. The highest BCUT2D eigenvalue weighted by Gasteiger charge is 2.02. The highest BCUT2D eigenvalue weighted by Crippen LogP contribution is 2.33. The second-order valence-electron chi connectivity index (χ2n) is 2.13. The zero-order valence-electron chi connectivity index (χ0n) is 6.62. The van der Waals surface area contributed by atoms with E-state index in [4.69, 9.17) is 5.84 Å². The van der Waals surface area contributed by atoms with Crippen LogP contribution in [-0.2, 0) is 0 Å². The maximum atomic E-state index is 5.25. The summed E-state index contributed by atoms with van der Waals surface area (Å²) < 4.78 is 0. The van der Waals surface area contributed by atoms with Gasteiger partial charge in [0.15, 0.2) is 0 Å². The standard InChI is InChI=1S/C8H10N4/c1-10-6-4-3-5-7(12-9)8(6)11-2/h3-5,12H,1-2,9H2. The molecule has 1 aromatic carbocycles. The van der Waals surface area contributed by atoms with Crippen molar-refractivity contribution in [1.82, 2.24) is 0 Å². The molecule has 0 bridgehead atoms. The molecular weight excluding hydrogens is 152 g/mol. The Labute approximate surface area is 70.8 Å². The summed E-state index contributed by atoms with van der Waals surface area (Å²) in [5.74, 6) is 5.25. The van der Waals surface area contributed by atoms with Crippen LogP contribution in [0.5, 0.6) is 0 Å². The van der Waals surface area contributed by atoms with Crippen LogP contribution in [0.15, 0.2) is 28.2 Å². The van der Waals surface area contributed by atoms with Crippen LogP contribution >= 0.6 is 0 Å². The Morgan fingerprint density at radius 1 is 1.25 bits per heavy atom. The van der Waals surface area contributed by atoms with Crippen LogP contribution in [0.3, 0.4) is 0 Å². The van der Waals surface area contributed by atoms with Crippen molar-refractivity contribution in [3.63, 3.8) is 0 Å². The quantitative estimate of drug-likeness (QED) is 0.403. The molecule has 0 unspecified atom stereocenters. The lowest BCUT2D eigenvalue weighted by atomic mass is 10.2. The summed E-state index contributed by atoms with van der Waals surface area (Å²) in [6.45, 7) is 6.82. The number of aliphatic imine (C=N–C) groups is 2. The first-order valence-electron chi connectivity index (χ1n) is 3.36. The molecule has 0 aromatic heterocycles. The molecule has 0 amide bonds. The number of para-hydroxylation sites is 1. The lowest BCUT2D eigenvalue weighted by molar-refractivity contribution is 1.33. The summed E-state index contributed by atoms with van der Waals surface area (Å²) in [6, 6.07) is 5.39. The van der Waals surface area contributed by atoms with Gasteiger partial charge in [-0.15, -0.1) is 0 Å². The molecule has 12 heavy (non-hydrogen) atoms. The molecule has 0 aliphatic carbocycles. The van der Waals surface area contributed by atoms with Crippen LogP contribution in [0.2, 0.25) is 0 Å². The number of rotatable bonds is 3. The van der Waals surface area contributed by atoms with E-state index in [2.05, 4.69) is 28.8 Å². The minimum Gasteiger partial charge on any atom is -0.322 e. The zero-order valence-corrected chi connectivity index (χ0v) is 6.62. The van der Waals surface area contributed by atoms with Gasteiger partial charge in [0.2, 0.25) is 0 Å². The third-order valence-electron chi connectivity index (χ3n) is 1.50. The van der Waals surface area contributed by atoms with Crippen LogP contribution < -0.4 is 11.3 Å². The zero-order chi connectivity index (χ0) is 8.97. The van der Waals surface area contributed by atoms with Crippen molar-refractivity contribution in [3.8, 4) is 0 Å². The average molecular weight is 162 g/mol. The summed E-state index contributed by atoms with van der Waals surface area (Å²) in [6.07, 6.45) is 0. The topological polar surface area (TPSA) is 62.8 Å². The van der Waals surface area contributed by atoms with Gasteiger partial charge in [-0.05, 0) is 25.6 Å². The predicted octanol–water partition coefficient (Wildman–Crippen LogP) is 1.64. The van der Waals surface area contributed by atoms with Gasteiger partial charge in [-0.2, -0.15) is 0 Å². The first kappa shape index (κ1) is 8.42. The highest BCUT2D eigenvalue weighted by atomic mass is 15.2. The van der Waals surface area contributed by atoms with Crippen molar-refractivity contribution in [2.75, 3.05) is 5.43 Å². The van der Waals surface area contributed by atoms with Crippen molar-refractivity contribution >= 4 is 30.5 Å². The minimum atomic E-state index is 0.620. The molecule has 0 radical (unpaired) electrons. The third-order valence-corrected chi connectivity index (χ3v) is 1.50. The smallest absolute Gasteiger partial charge is 0.112 e. The van der Waals surface area contributed by atoms with Crippen molar-refractivity contribution in [2.24, 2.45) is 15.8 Å². The molecular formula is C8H10N4. The Balaban J connectivity index is 3.31. The average Bonchev–Trinajstić information content (AvgIpc) is 2.16. The Morgan fingerprint density at radius 3 is 2.50 bits per heavy atom. The van der Waals surface area contributed by atoms with E-state index in [9.17, 15) is 0 Å². The van der Waals surface area contributed by atoms with Crippen LogP contribution in [0, 0.1) is 0 Å². The van der Waals surface area contributed by atoms with Crippen molar-refractivity contribution < 1.29 is 0 Å². The van der Waals surface area contributed by atoms with E-state index in [1.165, 1.54) is 0 Å². The fraction of sp³-hybridized carbons (Fsp3) is 0. The summed E-state index contributed by atoms with van der Waals surface area (Å²) in [4.78, 5) is 7.56. The summed E-state index contributed by atoms with van der Waals surface area (Å²) in [5.41, 5.74) is 4.48. The fourth-order valence-corrected chi connectivity index (χ4v) is 0.942. The number of nitrogens with two attached hydrogens (primary N) is 1. The fourth-order valence-electron chi connectivity index (χ4n) is 0.942. The lowest BCUT2D eigenvalue weighted by Gasteiger charge is -2.05. The van der Waals surface area contributed by atoms with E-state index >= 15 is 0 Å². The molecule has 0 fully saturated rings. The first-order valence-corrected chi connectivity index (χ1v) is 3.36. The van der Waals surface area contributed by atoms with E-state index in [-0.39, 0.29) is 0 Å². The van der Waals surface area contributed by atoms with Crippen molar-refractivity contribution in [1.29, 1.82) is 0 Å². The van der Waals surface area contributed by atoms with E-state index in [1.807, 2.05) is 6.07 Å². The number of hydrogen-bond donors (Lipinski definition) is 2. The van der Waals surface area contributed by atoms with Gasteiger partial charge in [0.1, 0.15) is 5.69 Å². The third kappa shape index (κ3) is 1.33. The molecule has 0 spiro atoms. The summed E-state index contributed by atoms with van der Waals surface area (Å²) in [7, 11) is 0. The van der Waals surface area contributed by atoms with Gasteiger partial charge < -0.3 is 5.43 Å². The number of nitrogen functional groups attached to an aromatic ring is 1. The Kier molecular flexibility index (Phi) is 2.55. The Bertz CT molecular complexity index is 306. The predicted molar refractivity (Wildman–Crippen MR) is 52.7 cm³/mol. The molecule has 4 nitrogen and oxygen atoms in total. The molecule has 0 atom stereocenters. The van der Waals surface area contributed by atoms with Crippen LogP contribution in [0.25, 0.3) is 0 Å². The van der Waals surface area contributed by atoms with E-state index in [0.29, 0.717) is 17.1 Å². The van der Waals surface area contributed by atoms with Gasteiger partial charge in [0.05, 0.1) is 11.4 Å². The highest BCUT2D eigenvalue weighted by molar-refractivity contribution is 5.79. The molecule has 0 aliphatic rings. The first-order chi connectivity index (χ1) is 5.83. The Hall–Kier alpha value is -1.68. The second-order valence-corrected chi connectivity index (χ2v) is 2.13. The van der Waals surface area contributed by atoms with Crippen LogP contribution in [0.4, 0.5) is 17.1 Å². The number of benzene rings is 1. The maximum absolute atomic E-state index is 5.25. The second kappa shape index (κ2) is 3.64. The molecule has 62 valence electrons.